The molecule has 0 saturated heterocycles. The van der Waals surface area contributed by atoms with Crippen molar-refractivity contribution in [1.82, 2.24) is 5.43 Å². The summed E-state index contributed by atoms with van der Waals surface area (Å²) >= 11 is 7.29. The minimum atomic E-state index is -0.361. The van der Waals surface area contributed by atoms with Crippen LogP contribution in [0, 0.1) is 0 Å². The highest BCUT2D eigenvalue weighted by Crippen LogP contribution is 2.25. The Kier molecular flexibility index (Phi) is 7.92. The minimum Gasteiger partial charge on any atom is -0.462 e. The molecule has 8 heteroatoms. The lowest BCUT2D eigenvalue weighted by atomic mass is 10.1. The second-order valence-electron chi connectivity index (χ2n) is 6.45. The Balaban J connectivity index is 1.54. The van der Waals surface area contributed by atoms with Crippen LogP contribution in [-0.4, -0.2) is 29.9 Å². The molecule has 1 atom stereocenters. The number of hydrogen-bond donors (Lipinski definition) is 1. The molecule has 31 heavy (non-hydrogen) atoms. The van der Waals surface area contributed by atoms with Gasteiger partial charge in [0.15, 0.2) is 0 Å². The van der Waals surface area contributed by atoms with Crippen LogP contribution < -0.4 is 5.43 Å². The molecule has 0 bridgehead atoms. The van der Waals surface area contributed by atoms with Gasteiger partial charge in [-0.25, -0.2) is 10.2 Å². The summed E-state index contributed by atoms with van der Waals surface area (Å²) in [6.45, 7) is 3.89. The molecular formula is C23H21ClN2O4S. The average Bonchev–Trinajstić information content (AvgIpc) is 3.24. The number of hydrogen-bond acceptors (Lipinski definition) is 6. The summed E-state index contributed by atoms with van der Waals surface area (Å²) in [5.74, 6) is 0.524. The fourth-order valence-electron chi connectivity index (χ4n) is 2.58. The molecule has 1 aromatic heterocycles. The third-order valence-electron chi connectivity index (χ3n) is 4.17. The molecule has 2 aromatic carbocycles. The van der Waals surface area contributed by atoms with E-state index in [9.17, 15) is 9.59 Å². The van der Waals surface area contributed by atoms with Crippen molar-refractivity contribution in [2.45, 2.75) is 24.0 Å². The van der Waals surface area contributed by atoms with Gasteiger partial charge in [-0.05, 0) is 62.4 Å². The molecule has 0 spiro atoms. The lowest BCUT2D eigenvalue weighted by Gasteiger charge is -2.09. The highest BCUT2D eigenvalue weighted by atomic mass is 35.5. The molecule has 6 nitrogen and oxygen atoms in total. The molecule has 0 unspecified atom stereocenters. The number of ether oxygens (including phenoxy) is 1. The van der Waals surface area contributed by atoms with Crippen LogP contribution in [-0.2, 0) is 9.53 Å². The van der Waals surface area contributed by atoms with E-state index in [2.05, 4.69) is 10.5 Å². The van der Waals surface area contributed by atoms with E-state index in [-0.39, 0.29) is 17.1 Å². The number of carbonyl (C=O) groups excluding carboxylic acids is 2. The number of esters is 1. The molecule has 1 amide bonds. The number of carbonyl (C=O) groups is 2. The summed E-state index contributed by atoms with van der Waals surface area (Å²) in [7, 11) is 0. The van der Waals surface area contributed by atoms with Crippen molar-refractivity contribution in [1.29, 1.82) is 0 Å². The number of nitrogens with zero attached hydrogens (tertiary/aromatic N) is 1. The van der Waals surface area contributed by atoms with Crippen LogP contribution in [0.4, 0.5) is 0 Å². The van der Waals surface area contributed by atoms with Gasteiger partial charge in [0.05, 0.1) is 23.6 Å². The summed E-state index contributed by atoms with van der Waals surface area (Å²) in [5.41, 5.74) is 3.80. The molecule has 0 aliphatic heterocycles. The second kappa shape index (κ2) is 10.8. The smallest absolute Gasteiger partial charge is 0.338 e. The van der Waals surface area contributed by atoms with E-state index >= 15 is 0 Å². The van der Waals surface area contributed by atoms with E-state index in [4.69, 9.17) is 20.8 Å². The maximum atomic E-state index is 12.2. The largest absolute Gasteiger partial charge is 0.462 e. The highest BCUT2D eigenvalue weighted by molar-refractivity contribution is 8.00. The normalized spacial score (nSPS) is 12.0. The van der Waals surface area contributed by atoms with Crippen LogP contribution in [0.15, 0.2) is 75.1 Å². The number of amides is 1. The lowest BCUT2D eigenvalue weighted by Crippen LogP contribution is -2.26. The second-order valence-corrected chi connectivity index (χ2v) is 8.30. The van der Waals surface area contributed by atoms with Crippen molar-refractivity contribution < 1.29 is 18.7 Å². The molecule has 3 rings (SSSR count). The fraction of sp³-hybridized carbons (Fsp3) is 0.174. The van der Waals surface area contributed by atoms with E-state index in [0.29, 0.717) is 28.7 Å². The summed E-state index contributed by atoms with van der Waals surface area (Å²) in [4.78, 5) is 24.9. The average molecular weight is 457 g/mol. The standard InChI is InChI=1S/C23H21ClN2O4S/c1-3-29-23(28)17-6-4-16(5-7-17)21-13-10-19(30-21)14-25-26-22(27)15(2)31-20-11-8-18(24)9-12-20/h4-15H,3H2,1-2H3,(H,26,27)/b25-14-/t15-/m0/s1. The van der Waals surface area contributed by atoms with Crippen molar-refractivity contribution in [2.75, 3.05) is 6.61 Å². The first-order valence-corrected chi connectivity index (χ1v) is 10.8. The van der Waals surface area contributed by atoms with Gasteiger partial charge in [0.1, 0.15) is 11.5 Å². The zero-order valence-electron chi connectivity index (χ0n) is 17.0. The Morgan fingerprint density at radius 1 is 1.13 bits per heavy atom. The molecular weight excluding hydrogens is 436 g/mol. The molecule has 1 heterocycles. The first kappa shape index (κ1) is 22.7. The summed E-state index contributed by atoms with van der Waals surface area (Å²) < 4.78 is 10.7. The number of thioether (sulfide) groups is 1. The monoisotopic (exact) mass is 456 g/mol. The van der Waals surface area contributed by atoms with Crippen molar-refractivity contribution in [3.8, 4) is 11.3 Å². The van der Waals surface area contributed by atoms with Crippen LogP contribution in [0.2, 0.25) is 5.02 Å². The first-order valence-electron chi connectivity index (χ1n) is 9.59. The predicted octanol–water partition coefficient (Wildman–Crippen LogP) is 5.41. The molecule has 1 N–H and O–H groups in total. The van der Waals surface area contributed by atoms with Gasteiger partial charge in [0.25, 0.3) is 5.91 Å². The molecule has 0 aliphatic carbocycles. The number of halogens is 1. The number of nitrogens with one attached hydrogen (secondary N) is 1. The Labute approximate surface area is 189 Å². The Morgan fingerprint density at radius 3 is 2.52 bits per heavy atom. The number of hydrazone groups is 1. The lowest BCUT2D eigenvalue weighted by molar-refractivity contribution is -0.120. The maximum Gasteiger partial charge on any atom is 0.338 e. The predicted molar refractivity (Wildman–Crippen MR) is 123 cm³/mol. The maximum absolute atomic E-state index is 12.2. The van der Waals surface area contributed by atoms with E-state index in [1.807, 2.05) is 12.1 Å². The zero-order chi connectivity index (χ0) is 22.2. The molecule has 0 aliphatic rings. The van der Waals surface area contributed by atoms with Crippen LogP contribution in [0.3, 0.4) is 0 Å². The summed E-state index contributed by atoms with van der Waals surface area (Å²) in [6.07, 6.45) is 1.44. The Hall–Kier alpha value is -3.03. The minimum absolute atomic E-state index is 0.225. The summed E-state index contributed by atoms with van der Waals surface area (Å²) in [5, 5.41) is 4.29. The zero-order valence-corrected chi connectivity index (χ0v) is 18.6. The Bertz CT molecular complexity index is 1060. The van der Waals surface area contributed by atoms with Crippen molar-refractivity contribution in [3.05, 3.63) is 77.0 Å². The third kappa shape index (κ3) is 6.47. The van der Waals surface area contributed by atoms with E-state index in [1.165, 1.54) is 18.0 Å². The molecule has 160 valence electrons. The van der Waals surface area contributed by atoms with Gasteiger partial charge >= 0.3 is 5.97 Å². The van der Waals surface area contributed by atoms with Crippen molar-refractivity contribution in [2.24, 2.45) is 5.10 Å². The van der Waals surface area contributed by atoms with Gasteiger partial charge in [-0.15, -0.1) is 11.8 Å². The van der Waals surface area contributed by atoms with Gasteiger partial charge in [-0.2, -0.15) is 5.10 Å². The van der Waals surface area contributed by atoms with Crippen molar-refractivity contribution >= 4 is 41.5 Å². The quantitative estimate of drug-likeness (QED) is 0.212. The number of benzene rings is 2. The first-order chi connectivity index (χ1) is 15.0. The third-order valence-corrected chi connectivity index (χ3v) is 5.53. The van der Waals surface area contributed by atoms with Crippen LogP contribution >= 0.6 is 23.4 Å². The highest BCUT2D eigenvalue weighted by Gasteiger charge is 2.14. The van der Waals surface area contributed by atoms with Crippen molar-refractivity contribution in [3.63, 3.8) is 0 Å². The van der Waals surface area contributed by atoms with E-state index in [0.717, 1.165) is 10.5 Å². The Morgan fingerprint density at radius 2 is 1.84 bits per heavy atom. The summed E-state index contributed by atoms with van der Waals surface area (Å²) in [6, 6.07) is 17.8. The van der Waals surface area contributed by atoms with Gasteiger partial charge in [0.2, 0.25) is 0 Å². The van der Waals surface area contributed by atoms with Gasteiger partial charge in [-0.3, -0.25) is 4.79 Å². The van der Waals surface area contributed by atoms with Gasteiger partial charge < -0.3 is 9.15 Å². The van der Waals surface area contributed by atoms with E-state index < -0.39 is 0 Å². The fourth-order valence-corrected chi connectivity index (χ4v) is 3.57. The van der Waals surface area contributed by atoms with Gasteiger partial charge in [0, 0.05) is 15.5 Å². The van der Waals surface area contributed by atoms with Crippen LogP contribution in [0.1, 0.15) is 30.0 Å². The number of rotatable bonds is 8. The van der Waals surface area contributed by atoms with Crippen LogP contribution in [0.5, 0.6) is 0 Å². The topological polar surface area (TPSA) is 80.9 Å². The van der Waals surface area contributed by atoms with Gasteiger partial charge in [-0.1, -0.05) is 23.7 Å². The number of furan rings is 1. The molecule has 0 saturated carbocycles. The SMILES string of the molecule is CCOC(=O)c1ccc(-c2ccc(/C=N\NC(=O)[C@H](C)Sc3ccc(Cl)cc3)o2)cc1. The molecule has 0 radical (unpaired) electrons. The molecule has 0 fully saturated rings. The molecule has 3 aromatic rings. The van der Waals surface area contributed by atoms with Crippen LogP contribution in [0.25, 0.3) is 11.3 Å². The van der Waals surface area contributed by atoms with E-state index in [1.54, 1.807) is 62.4 Å².